The van der Waals surface area contributed by atoms with Crippen LogP contribution in [0, 0.1) is 0 Å². The number of hydrogen-bond donors (Lipinski definition) is 1. The first-order valence-corrected chi connectivity index (χ1v) is 10.0. The number of nitrogens with zero attached hydrogens (tertiary/aromatic N) is 1. The zero-order chi connectivity index (χ0) is 19.9. The van der Waals surface area contributed by atoms with Crippen molar-refractivity contribution in [3.63, 3.8) is 0 Å². The molecule has 2 aromatic rings. The SMILES string of the molecule is COc1ccccc1C(CNC(=O)C(C)Oc1cccc(Cl)c1)N1CCCC1. The summed E-state index contributed by atoms with van der Waals surface area (Å²) < 4.78 is 11.3. The van der Waals surface area contributed by atoms with Crippen LogP contribution in [0.15, 0.2) is 48.5 Å². The first-order valence-electron chi connectivity index (χ1n) is 9.65. The molecule has 2 aromatic carbocycles. The number of rotatable bonds is 8. The number of amides is 1. The van der Waals surface area contributed by atoms with Gasteiger partial charge in [-0.2, -0.15) is 0 Å². The number of benzene rings is 2. The van der Waals surface area contributed by atoms with Gasteiger partial charge in [-0.05, 0) is 57.1 Å². The predicted octanol–water partition coefficient (Wildman–Crippen LogP) is 4.07. The minimum Gasteiger partial charge on any atom is -0.496 e. The number of ether oxygens (including phenoxy) is 2. The van der Waals surface area contributed by atoms with Crippen molar-refractivity contribution >= 4 is 17.5 Å². The summed E-state index contributed by atoms with van der Waals surface area (Å²) in [5.41, 5.74) is 1.09. The van der Waals surface area contributed by atoms with E-state index >= 15 is 0 Å². The third kappa shape index (κ3) is 5.18. The summed E-state index contributed by atoms with van der Waals surface area (Å²) in [6, 6.07) is 15.1. The van der Waals surface area contributed by atoms with E-state index in [2.05, 4.69) is 16.3 Å². The largest absolute Gasteiger partial charge is 0.496 e. The lowest BCUT2D eigenvalue weighted by molar-refractivity contribution is -0.127. The van der Waals surface area contributed by atoms with Gasteiger partial charge in [-0.3, -0.25) is 9.69 Å². The van der Waals surface area contributed by atoms with Crippen LogP contribution in [0.4, 0.5) is 0 Å². The summed E-state index contributed by atoms with van der Waals surface area (Å²) in [6.45, 7) is 4.28. The van der Waals surface area contributed by atoms with Crippen molar-refractivity contribution in [3.05, 3.63) is 59.1 Å². The topological polar surface area (TPSA) is 50.8 Å². The average Bonchev–Trinajstić information content (AvgIpc) is 3.23. The van der Waals surface area contributed by atoms with Gasteiger partial charge in [0, 0.05) is 17.1 Å². The van der Waals surface area contributed by atoms with Gasteiger partial charge in [-0.25, -0.2) is 0 Å². The molecular formula is C22H27ClN2O3. The van der Waals surface area contributed by atoms with Crippen molar-refractivity contribution in [1.82, 2.24) is 10.2 Å². The number of carbonyl (C=O) groups is 1. The summed E-state index contributed by atoms with van der Waals surface area (Å²) >= 11 is 5.98. The predicted molar refractivity (Wildman–Crippen MR) is 111 cm³/mol. The Kier molecular flexibility index (Phi) is 7.18. The summed E-state index contributed by atoms with van der Waals surface area (Å²) in [6.07, 6.45) is 1.73. The van der Waals surface area contributed by atoms with Gasteiger partial charge in [-0.1, -0.05) is 35.9 Å². The molecule has 1 fully saturated rings. The van der Waals surface area contributed by atoms with E-state index in [9.17, 15) is 4.79 Å². The van der Waals surface area contributed by atoms with Crippen molar-refractivity contribution in [2.45, 2.75) is 31.9 Å². The molecule has 1 N–H and O–H groups in total. The Morgan fingerprint density at radius 2 is 1.93 bits per heavy atom. The second-order valence-corrected chi connectivity index (χ2v) is 7.40. The van der Waals surface area contributed by atoms with E-state index < -0.39 is 6.10 Å². The van der Waals surface area contributed by atoms with Crippen molar-refractivity contribution in [3.8, 4) is 11.5 Å². The van der Waals surface area contributed by atoms with Crippen LogP contribution in [0.1, 0.15) is 31.4 Å². The fourth-order valence-corrected chi connectivity index (χ4v) is 3.75. The molecule has 2 atom stereocenters. The minimum atomic E-state index is -0.615. The maximum Gasteiger partial charge on any atom is 0.260 e. The zero-order valence-electron chi connectivity index (χ0n) is 16.4. The van der Waals surface area contributed by atoms with Crippen LogP contribution in [-0.4, -0.2) is 43.7 Å². The Balaban J connectivity index is 1.66. The highest BCUT2D eigenvalue weighted by Crippen LogP contribution is 2.31. The van der Waals surface area contributed by atoms with Crippen LogP contribution in [0.3, 0.4) is 0 Å². The number of para-hydroxylation sites is 1. The van der Waals surface area contributed by atoms with Gasteiger partial charge in [0.25, 0.3) is 5.91 Å². The van der Waals surface area contributed by atoms with Gasteiger partial charge < -0.3 is 14.8 Å². The summed E-state index contributed by atoms with van der Waals surface area (Å²) in [4.78, 5) is 15.0. The lowest BCUT2D eigenvalue weighted by Crippen LogP contribution is -2.42. The second kappa shape index (κ2) is 9.80. The number of halogens is 1. The molecule has 28 heavy (non-hydrogen) atoms. The minimum absolute atomic E-state index is 0.0703. The quantitative estimate of drug-likeness (QED) is 0.723. The standard InChI is InChI=1S/C22H27ClN2O3/c1-16(28-18-9-7-8-17(23)14-18)22(26)24-15-20(25-12-5-6-13-25)19-10-3-4-11-21(19)27-2/h3-4,7-11,14,16,20H,5-6,12-13,15H2,1-2H3,(H,24,26). The molecule has 0 bridgehead atoms. The second-order valence-electron chi connectivity index (χ2n) is 6.96. The van der Waals surface area contributed by atoms with E-state index in [0.717, 1.165) is 24.4 Å². The van der Waals surface area contributed by atoms with Gasteiger partial charge in [-0.15, -0.1) is 0 Å². The Hall–Kier alpha value is -2.24. The average molecular weight is 403 g/mol. The highest BCUT2D eigenvalue weighted by molar-refractivity contribution is 6.30. The Bertz CT molecular complexity index is 793. The lowest BCUT2D eigenvalue weighted by Gasteiger charge is -2.29. The van der Waals surface area contributed by atoms with Crippen LogP contribution < -0.4 is 14.8 Å². The molecule has 150 valence electrons. The fraction of sp³-hybridized carbons (Fsp3) is 0.409. The number of nitrogens with one attached hydrogen (secondary N) is 1. The lowest BCUT2D eigenvalue weighted by atomic mass is 10.0. The molecule has 3 rings (SSSR count). The van der Waals surface area contributed by atoms with Crippen molar-refractivity contribution < 1.29 is 14.3 Å². The van der Waals surface area contributed by atoms with Gasteiger partial charge in [0.15, 0.2) is 6.10 Å². The molecule has 6 heteroatoms. The molecule has 1 heterocycles. The number of likely N-dealkylation sites (tertiary alicyclic amines) is 1. The molecule has 1 aliphatic rings. The molecule has 1 amide bonds. The first kappa shape index (κ1) is 20.5. The van der Waals surface area contributed by atoms with Crippen LogP contribution in [0.5, 0.6) is 11.5 Å². The maximum atomic E-state index is 12.6. The van der Waals surface area contributed by atoms with E-state index in [0.29, 0.717) is 17.3 Å². The number of methoxy groups -OCH3 is 1. The van der Waals surface area contributed by atoms with Crippen LogP contribution in [-0.2, 0) is 4.79 Å². The molecular weight excluding hydrogens is 376 g/mol. The van der Waals surface area contributed by atoms with Gasteiger partial charge >= 0.3 is 0 Å². The van der Waals surface area contributed by atoms with Crippen molar-refractivity contribution in [1.29, 1.82) is 0 Å². The van der Waals surface area contributed by atoms with Crippen LogP contribution in [0.2, 0.25) is 5.02 Å². The van der Waals surface area contributed by atoms with E-state index in [1.165, 1.54) is 12.8 Å². The molecule has 2 unspecified atom stereocenters. The molecule has 1 aliphatic heterocycles. The fourth-order valence-electron chi connectivity index (χ4n) is 3.57. The third-order valence-electron chi connectivity index (χ3n) is 5.03. The smallest absolute Gasteiger partial charge is 0.260 e. The summed E-state index contributed by atoms with van der Waals surface area (Å²) in [5.74, 6) is 1.27. The van der Waals surface area contributed by atoms with Crippen LogP contribution in [0.25, 0.3) is 0 Å². The number of hydrogen-bond acceptors (Lipinski definition) is 4. The van der Waals surface area contributed by atoms with E-state index in [4.69, 9.17) is 21.1 Å². The Labute approximate surface area is 171 Å². The van der Waals surface area contributed by atoms with Crippen molar-refractivity contribution in [2.75, 3.05) is 26.7 Å². The Morgan fingerprint density at radius 3 is 2.64 bits per heavy atom. The molecule has 0 spiro atoms. The zero-order valence-corrected chi connectivity index (χ0v) is 17.1. The summed E-state index contributed by atoms with van der Waals surface area (Å²) in [5, 5.41) is 3.63. The Morgan fingerprint density at radius 1 is 1.18 bits per heavy atom. The van der Waals surface area contributed by atoms with Gasteiger partial charge in [0.05, 0.1) is 13.2 Å². The van der Waals surface area contributed by atoms with Crippen molar-refractivity contribution in [2.24, 2.45) is 0 Å². The van der Waals surface area contributed by atoms with E-state index in [1.54, 1.807) is 38.3 Å². The highest BCUT2D eigenvalue weighted by atomic mass is 35.5. The molecule has 1 saturated heterocycles. The molecule has 5 nitrogen and oxygen atoms in total. The number of carbonyl (C=O) groups excluding carboxylic acids is 1. The third-order valence-corrected chi connectivity index (χ3v) is 5.26. The maximum absolute atomic E-state index is 12.6. The molecule has 0 aromatic heterocycles. The summed E-state index contributed by atoms with van der Waals surface area (Å²) in [7, 11) is 1.68. The molecule has 0 radical (unpaired) electrons. The normalized spacial score (nSPS) is 16.4. The van der Waals surface area contributed by atoms with Gasteiger partial charge in [0.1, 0.15) is 11.5 Å². The first-order chi connectivity index (χ1) is 13.6. The van der Waals surface area contributed by atoms with Crippen LogP contribution >= 0.6 is 11.6 Å². The highest BCUT2D eigenvalue weighted by Gasteiger charge is 2.27. The van der Waals surface area contributed by atoms with E-state index in [-0.39, 0.29) is 11.9 Å². The van der Waals surface area contributed by atoms with Gasteiger partial charge in [0.2, 0.25) is 0 Å². The molecule has 0 aliphatic carbocycles. The molecule has 0 saturated carbocycles. The van der Waals surface area contributed by atoms with E-state index in [1.807, 2.05) is 18.2 Å². The monoisotopic (exact) mass is 402 g/mol.